The van der Waals surface area contributed by atoms with Crippen LogP contribution >= 0.6 is 0 Å². The average molecular weight is 140 g/mol. The van der Waals surface area contributed by atoms with Crippen molar-refractivity contribution in [3.8, 4) is 0 Å². The molecule has 0 rings (SSSR count). The van der Waals surface area contributed by atoms with E-state index in [0.717, 1.165) is 0 Å². The van der Waals surface area contributed by atoms with Crippen LogP contribution in [0.3, 0.4) is 0 Å². The van der Waals surface area contributed by atoms with Gasteiger partial charge in [0.05, 0.1) is 6.42 Å². The molecule has 0 unspecified atom stereocenters. The highest BCUT2D eigenvalue weighted by molar-refractivity contribution is 5.90. The Bertz CT molecular complexity index is 152. The summed E-state index contributed by atoms with van der Waals surface area (Å²) in [5.74, 6) is 0.000556. The van der Waals surface area contributed by atoms with Crippen molar-refractivity contribution in [3.63, 3.8) is 0 Å². The lowest BCUT2D eigenvalue weighted by molar-refractivity contribution is -0.126. The lowest BCUT2D eigenvalue weighted by Crippen LogP contribution is -2.20. The minimum atomic E-state index is 0.000556. The molecule has 0 aliphatic carbocycles. The van der Waals surface area contributed by atoms with Gasteiger partial charge in [0, 0.05) is 20.3 Å². The number of hydrogen-bond donors (Lipinski definition) is 0. The Hall–Kier alpha value is -1.12. The lowest BCUT2D eigenvalue weighted by Gasteiger charge is -2.07. The summed E-state index contributed by atoms with van der Waals surface area (Å²) in [6.07, 6.45) is 3.40. The van der Waals surface area contributed by atoms with Gasteiger partial charge in [0.15, 0.2) is 0 Å². The van der Waals surface area contributed by atoms with Gasteiger partial charge in [-0.25, -0.2) is 0 Å². The van der Waals surface area contributed by atoms with Gasteiger partial charge in [-0.05, 0) is 6.20 Å². The number of carbonyl (C=O) groups excluding carboxylic acids is 1. The SMILES string of the molecule is C=CN(C)C(=O)C/C=N\C. The predicted octanol–water partition coefficient (Wildman–Crippen LogP) is 0.679. The van der Waals surface area contributed by atoms with Crippen molar-refractivity contribution in [2.45, 2.75) is 6.42 Å². The van der Waals surface area contributed by atoms with E-state index in [9.17, 15) is 4.79 Å². The van der Waals surface area contributed by atoms with Crippen LogP contribution in [0.1, 0.15) is 6.42 Å². The van der Waals surface area contributed by atoms with Crippen molar-refractivity contribution < 1.29 is 4.79 Å². The summed E-state index contributed by atoms with van der Waals surface area (Å²) in [5.41, 5.74) is 0. The molecule has 0 aromatic carbocycles. The third-order valence-electron chi connectivity index (χ3n) is 1.12. The summed E-state index contributed by atoms with van der Waals surface area (Å²) in [7, 11) is 3.31. The second kappa shape index (κ2) is 4.73. The number of aliphatic imine (C=N–C) groups is 1. The van der Waals surface area contributed by atoms with Crippen molar-refractivity contribution in [2.75, 3.05) is 14.1 Å². The quantitative estimate of drug-likeness (QED) is 0.530. The van der Waals surface area contributed by atoms with Crippen LogP contribution in [-0.2, 0) is 4.79 Å². The maximum atomic E-state index is 10.9. The smallest absolute Gasteiger partial charge is 0.231 e. The Labute approximate surface area is 61.1 Å². The van der Waals surface area contributed by atoms with Gasteiger partial charge in [-0.1, -0.05) is 6.58 Å². The molecular formula is C7H12N2O. The van der Waals surface area contributed by atoms with Crippen LogP contribution in [0, 0.1) is 0 Å². The van der Waals surface area contributed by atoms with Crippen LogP contribution in [-0.4, -0.2) is 31.1 Å². The highest BCUT2D eigenvalue weighted by Crippen LogP contribution is 1.87. The summed E-state index contributed by atoms with van der Waals surface area (Å²) >= 11 is 0. The van der Waals surface area contributed by atoms with Crippen LogP contribution in [0.4, 0.5) is 0 Å². The number of hydrogen-bond acceptors (Lipinski definition) is 2. The Kier molecular flexibility index (Phi) is 4.20. The van der Waals surface area contributed by atoms with E-state index in [1.165, 1.54) is 11.1 Å². The van der Waals surface area contributed by atoms with E-state index in [4.69, 9.17) is 0 Å². The molecule has 3 heteroatoms. The minimum Gasteiger partial charge on any atom is -0.322 e. The zero-order chi connectivity index (χ0) is 7.98. The summed E-state index contributed by atoms with van der Waals surface area (Å²) in [4.78, 5) is 16.0. The molecule has 3 nitrogen and oxygen atoms in total. The second-order valence-corrected chi connectivity index (χ2v) is 1.83. The molecule has 0 aliphatic rings. The Balaban J connectivity index is 3.72. The first-order valence-electron chi connectivity index (χ1n) is 3.01. The fourth-order valence-corrected chi connectivity index (χ4v) is 0.415. The van der Waals surface area contributed by atoms with E-state index in [1.807, 2.05) is 0 Å². The maximum Gasteiger partial charge on any atom is 0.231 e. The number of rotatable bonds is 3. The van der Waals surface area contributed by atoms with Gasteiger partial charge >= 0.3 is 0 Å². The predicted molar refractivity (Wildman–Crippen MR) is 42.0 cm³/mol. The van der Waals surface area contributed by atoms with Gasteiger partial charge in [-0.2, -0.15) is 0 Å². The van der Waals surface area contributed by atoms with Gasteiger partial charge in [-0.15, -0.1) is 0 Å². The van der Waals surface area contributed by atoms with Crippen LogP contribution in [0.25, 0.3) is 0 Å². The van der Waals surface area contributed by atoms with E-state index < -0.39 is 0 Å². The summed E-state index contributed by atoms with van der Waals surface area (Å²) < 4.78 is 0. The molecule has 0 saturated carbocycles. The van der Waals surface area contributed by atoms with E-state index in [2.05, 4.69) is 11.6 Å². The fraction of sp³-hybridized carbons (Fsp3) is 0.429. The summed E-state index contributed by atoms with van der Waals surface area (Å²) in [6.45, 7) is 3.45. The molecule has 1 amide bonds. The van der Waals surface area contributed by atoms with Crippen LogP contribution in [0.2, 0.25) is 0 Å². The van der Waals surface area contributed by atoms with Gasteiger partial charge in [0.1, 0.15) is 0 Å². The van der Waals surface area contributed by atoms with E-state index >= 15 is 0 Å². The molecule has 0 atom stereocenters. The largest absolute Gasteiger partial charge is 0.322 e. The topological polar surface area (TPSA) is 32.7 Å². The first-order chi connectivity index (χ1) is 4.72. The summed E-state index contributed by atoms with van der Waals surface area (Å²) in [5, 5.41) is 0. The number of carbonyl (C=O) groups is 1. The normalized spacial score (nSPS) is 9.80. The zero-order valence-electron chi connectivity index (χ0n) is 6.37. The highest BCUT2D eigenvalue weighted by atomic mass is 16.2. The molecule has 56 valence electrons. The second-order valence-electron chi connectivity index (χ2n) is 1.83. The van der Waals surface area contributed by atoms with Gasteiger partial charge in [-0.3, -0.25) is 4.79 Å². The van der Waals surface area contributed by atoms with E-state index in [-0.39, 0.29) is 5.91 Å². The van der Waals surface area contributed by atoms with Crippen molar-refractivity contribution in [1.82, 2.24) is 4.90 Å². The molecule has 10 heavy (non-hydrogen) atoms. The minimum absolute atomic E-state index is 0.000556. The van der Waals surface area contributed by atoms with Crippen molar-refractivity contribution in [1.29, 1.82) is 0 Å². The molecule has 0 radical (unpaired) electrons. The van der Waals surface area contributed by atoms with Gasteiger partial charge < -0.3 is 9.89 Å². The zero-order valence-corrected chi connectivity index (χ0v) is 6.37. The van der Waals surface area contributed by atoms with Crippen molar-refractivity contribution in [2.24, 2.45) is 4.99 Å². The van der Waals surface area contributed by atoms with Gasteiger partial charge in [0.25, 0.3) is 0 Å². The van der Waals surface area contributed by atoms with Crippen LogP contribution < -0.4 is 0 Å². The monoisotopic (exact) mass is 140 g/mol. The Morgan fingerprint density at radius 1 is 1.80 bits per heavy atom. The highest BCUT2D eigenvalue weighted by Gasteiger charge is 2.00. The van der Waals surface area contributed by atoms with Crippen LogP contribution in [0.5, 0.6) is 0 Å². The molecule has 0 aliphatic heterocycles. The molecular weight excluding hydrogens is 128 g/mol. The van der Waals surface area contributed by atoms with E-state index in [1.54, 1.807) is 20.3 Å². The summed E-state index contributed by atoms with van der Waals surface area (Å²) in [6, 6.07) is 0. The molecule has 0 heterocycles. The third-order valence-corrected chi connectivity index (χ3v) is 1.12. The van der Waals surface area contributed by atoms with Crippen molar-refractivity contribution in [3.05, 3.63) is 12.8 Å². The van der Waals surface area contributed by atoms with E-state index in [0.29, 0.717) is 6.42 Å². The molecule has 0 N–H and O–H groups in total. The lowest BCUT2D eigenvalue weighted by atomic mass is 10.4. The van der Waals surface area contributed by atoms with Crippen molar-refractivity contribution >= 4 is 12.1 Å². The average Bonchev–Trinajstić information content (AvgIpc) is 1.98. The molecule has 0 bridgehead atoms. The first kappa shape index (κ1) is 8.88. The fourth-order valence-electron chi connectivity index (χ4n) is 0.415. The Morgan fingerprint density at radius 2 is 2.40 bits per heavy atom. The standard InChI is InChI=1S/C7H12N2O/c1-4-9(3)7(10)5-6-8-2/h4,6H,1,5H2,2-3H3/b8-6-. The molecule has 0 fully saturated rings. The van der Waals surface area contributed by atoms with Gasteiger partial charge in [0.2, 0.25) is 5.91 Å². The maximum absolute atomic E-state index is 10.9. The Morgan fingerprint density at radius 3 is 2.80 bits per heavy atom. The first-order valence-corrected chi connectivity index (χ1v) is 3.01. The molecule has 0 saturated heterocycles. The molecule has 0 aromatic rings. The number of nitrogens with zero attached hydrogens (tertiary/aromatic N) is 2. The molecule has 0 spiro atoms. The third kappa shape index (κ3) is 3.02. The van der Waals surface area contributed by atoms with Crippen LogP contribution in [0.15, 0.2) is 17.8 Å². The molecule has 0 aromatic heterocycles. The number of amides is 1.